The number of hydrogen-bond donors (Lipinski definition) is 1. The zero-order valence-corrected chi connectivity index (χ0v) is 16.4. The fourth-order valence-electron chi connectivity index (χ4n) is 3.31. The van der Waals surface area contributed by atoms with Crippen LogP contribution in [0.2, 0.25) is 0 Å². The molecule has 0 aliphatic carbocycles. The summed E-state index contributed by atoms with van der Waals surface area (Å²) < 4.78 is 18.5. The van der Waals surface area contributed by atoms with E-state index in [1.54, 1.807) is 4.90 Å². The summed E-state index contributed by atoms with van der Waals surface area (Å²) in [6.45, 7) is 3.66. The number of nitrogens with zero attached hydrogens (tertiary/aromatic N) is 1. The Bertz CT molecular complexity index is 931. The van der Waals surface area contributed by atoms with Gasteiger partial charge in [-0.05, 0) is 43.2 Å². The zero-order chi connectivity index (χ0) is 21.0. The number of rotatable bonds is 6. The fourth-order valence-corrected chi connectivity index (χ4v) is 3.31. The van der Waals surface area contributed by atoms with Crippen LogP contribution in [-0.4, -0.2) is 30.4 Å². The summed E-state index contributed by atoms with van der Waals surface area (Å²) in [7, 11) is 0. The van der Waals surface area contributed by atoms with Crippen LogP contribution in [0, 0.1) is 11.7 Å². The van der Waals surface area contributed by atoms with Gasteiger partial charge in [0.1, 0.15) is 5.82 Å². The second-order valence-corrected chi connectivity index (χ2v) is 6.97. The molecule has 29 heavy (non-hydrogen) atoms. The second kappa shape index (κ2) is 8.86. The zero-order valence-electron chi connectivity index (χ0n) is 16.4. The van der Waals surface area contributed by atoms with Crippen molar-refractivity contribution in [2.45, 2.75) is 32.8 Å². The molecule has 0 bridgehead atoms. The first kappa shape index (κ1) is 20.5. The van der Waals surface area contributed by atoms with E-state index in [0.717, 1.165) is 17.7 Å². The summed E-state index contributed by atoms with van der Waals surface area (Å²) in [5.41, 5.74) is 2.10. The van der Waals surface area contributed by atoms with E-state index in [1.807, 2.05) is 31.2 Å². The van der Waals surface area contributed by atoms with E-state index in [-0.39, 0.29) is 24.6 Å². The number of benzene rings is 2. The molecule has 1 fully saturated rings. The van der Waals surface area contributed by atoms with Crippen molar-refractivity contribution < 1.29 is 23.5 Å². The molecule has 6 nitrogen and oxygen atoms in total. The van der Waals surface area contributed by atoms with E-state index in [4.69, 9.17) is 4.74 Å². The lowest BCUT2D eigenvalue weighted by Gasteiger charge is -2.20. The molecule has 152 valence electrons. The van der Waals surface area contributed by atoms with E-state index in [0.29, 0.717) is 0 Å². The first-order valence-corrected chi connectivity index (χ1v) is 9.54. The van der Waals surface area contributed by atoms with Gasteiger partial charge in [0, 0.05) is 24.3 Å². The van der Waals surface area contributed by atoms with E-state index >= 15 is 0 Å². The van der Waals surface area contributed by atoms with Gasteiger partial charge in [0.05, 0.1) is 5.92 Å². The van der Waals surface area contributed by atoms with Gasteiger partial charge in [-0.25, -0.2) is 4.39 Å². The number of para-hydroxylation sites is 1. The van der Waals surface area contributed by atoms with Gasteiger partial charge < -0.3 is 15.0 Å². The summed E-state index contributed by atoms with van der Waals surface area (Å²) >= 11 is 0. The molecule has 0 unspecified atom stereocenters. The highest BCUT2D eigenvalue weighted by Gasteiger charge is 2.37. The Balaban J connectivity index is 1.60. The monoisotopic (exact) mass is 398 g/mol. The van der Waals surface area contributed by atoms with Gasteiger partial charge in [-0.2, -0.15) is 0 Å². The number of carbonyl (C=O) groups excluding carboxylic acids is 3. The van der Waals surface area contributed by atoms with E-state index in [2.05, 4.69) is 5.32 Å². The summed E-state index contributed by atoms with van der Waals surface area (Å²) in [4.78, 5) is 38.8. The van der Waals surface area contributed by atoms with Crippen LogP contribution in [0.5, 0.6) is 0 Å². The third-order valence-corrected chi connectivity index (χ3v) is 4.88. The van der Waals surface area contributed by atoms with Crippen LogP contribution in [-0.2, 0) is 25.5 Å². The molecule has 2 aromatic rings. The van der Waals surface area contributed by atoms with Crippen LogP contribution in [0.3, 0.4) is 0 Å². The lowest BCUT2D eigenvalue weighted by molar-refractivity contribution is -0.157. The summed E-state index contributed by atoms with van der Waals surface area (Å²) in [6, 6.07) is 13.0. The molecular formula is C22H23FN2O4. The third-order valence-electron chi connectivity index (χ3n) is 4.88. The van der Waals surface area contributed by atoms with Crippen LogP contribution >= 0.6 is 0 Å². The molecule has 2 aromatic carbocycles. The minimum Gasteiger partial charge on any atom is -0.452 e. The van der Waals surface area contributed by atoms with Crippen LogP contribution in [0.1, 0.15) is 25.8 Å². The predicted octanol–water partition coefficient (Wildman–Crippen LogP) is 3.31. The third kappa shape index (κ3) is 4.80. The number of halogens is 1. The number of carbonyl (C=O) groups is 3. The molecule has 2 atom stereocenters. The Morgan fingerprint density at radius 3 is 2.72 bits per heavy atom. The Hall–Kier alpha value is -3.22. The van der Waals surface area contributed by atoms with Crippen molar-refractivity contribution in [3.63, 3.8) is 0 Å². The molecule has 0 radical (unpaired) electrons. The molecule has 0 saturated carbocycles. The molecule has 1 heterocycles. The van der Waals surface area contributed by atoms with Crippen molar-refractivity contribution in [2.75, 3.05) is 16.8 Å². The quantitative estimate of drug-likeness (QED) is 0.758. The van der Waals surface area contributed by atoms with Gasteiger partial charge in [-0.1, -0.05) is 31.2 Å². The normalized spacial score (nSPS) is 17.1. The number of amides is 2. The standard InChI is InChI=1S/C22H23FN2O4/c1-3-15-7-4-5-10-19(15)25-13-16(11-20(25)26)22(28)29-14(2)21(27)24-18-9-6-8-17(23)12-18/h4-10,12,14,16H,3,11,13H2,1-2H3,(H,24,27)/t14-,16-/m1/s1. The highest BCUT2D eigenvalue weighted by Crippen LogP contribution is 2.29. The van der Waals surface area contributed by atoms with Crippen LogP contribution < -0.4 is 10.2 Å². The molecule has 1 aliphatic heterocycles. The van der Waals surface area contributed by atoms with Gasteiger partial charge in [-0.15, -0.1) is 0 Å². The summed E-state index contributed by atoms with van der Waals surface area (Å²) in [5.74, 6) is -2.44. The number of nitrogens with one attached hydrogen (secondary N) is 1. The minimum absolute atomic E-state index is 0.0368. The van der Waals surface area contributed by atoms with Crippen molar-refractivity contribution in [3.05, 3.63) is 59.9 Å². The van der Waals surface area contributed by atoms with Gasteiger partial charge in [0.15, 0.2) is 6.10 Å². The number of ether oxygens (including phenoxy) is 1. The van der Waals surface area contributed by atoms with E-state index in [9.17, 15) is 18.8 Å². The molecule has 3 rings (SSSR count). The van der Waals surface area contributed by atoms with E-state index in [1.165, 1.54) is 31.2 Å². The van der Waals surface area contributed by atoms with E-state index < -0.39 is 29.7 Å². The first-order chi connectivity index (χ1) is 13.9. The van der Waals surface area contributed by atoms with Crippen molar-refractivity contribution in [3.8, 4) is 0 Å². The molecule has 1 N–H and O–H groups in total. The molecule has 0 spiro atoms. The van der Waals surface area contributed by atoms with Gasteiger partial charge >= 0.3 is 5.97 Å². The highest BCUT2D eigenvalue weighted by molar-refractivity contribution is 6.01. The summed E-state index contributed by atoms with van der Waals surface area (Å²) in [5, 5.41) is 2.50. The van der Waals surface area contributed by atoms with Crippen LogP contribution in [0.25, 0.3) is 0 Å². The smallest absolute Gasteiger partial charge is 0.312 e. The number of hydrogen-bond acceptors (Lipinski definition) is 4. The lowest BCUT2D eigenvalue weighted by Crippen LogP contribution is -2.33. The maximum Gasteiger partial charge on any atom is 0.312 e. The predicted molar refractivity (Wildman–Crippen MR) is 107 cm³/mol. The van der Waals surface area contributed by atoms with Crippen LogP contribution in [0.4, 0.5) is 15.8 Å². The Kier molecular flexibility index (Phi) is 6.26. The molecule has 1 saturated heterocycles. The van der Waals surface area contributed by atoms with Crippen molar-refractivity contribution in [1.82, 2.24) is 0 Å². The molecular weight excluding hydrogens is 375 g/mol. The van der Waals surface area contributed by atoms with Crippen molar-refractivity contribution in [1.29, 1.82) is 0 Å². The minimum atomic E-state index is -1.07. The second-order valence-electron chi connectivity index (χ2n) is 6.97. The van der Waals surface area contributed by atoms with Crippen molar-refractivity contribution >= 4 is 29.2 Å². The van der Waals surface area contributed by atoms with Crippen LogP contribution in [0.15, 0.2) is 48.5 Å². The number of aryl methyl sites for hydroxylation is 1. The number of esters is 1. The summed E-state index contributed by atoms with van der Waals surface area (Å²) in [6.07, 6.45) is -0.264. The van der Waals surface area contributed by atoms with Crippen molar-refractivity contribution in [2.24, 2.45) is 5.92 Å². The fraction of sp³-hybridized carbons (Fsp3) is 0.318. The van der Waals surface area contributed by atoms with Gasteiger partial charge in [-0.3, -0.25) is 14.4 Å². The topological polar surface area (TPSA) is 75.7 Å². The highest BCUT2D eigenvalue weighted by atomic mass is 19.1. The Morgan fingerprint density at radius 2 is 2.00 bits per heavy atom. The molecule has 0 aromatic heterocycles. The average molecular weight is 398 g/mol. The Morgan fingerprint density at radius 1 is 1.24 bits per heavy atom. The molecule has 1 aliphatic rings. The largest absolute Gasteiger partial charge is 0.452 e. The molecule has 2 amide bonds. The molecule has 7 heteroatoms. The maximum atomic E-state index is 13.2. The Labute approximate surface area is 168 Å². The first-order valence-electron chi connectivity index (χ1n) is 9.54. The SMILES string of the molecule is CCc1ccccc1N1C[C@H](C(=O)O[C@H](C)C(=O)Nc2cccc(F)c2)CC1=O. The maximum absolute atomic E-state index is 13.2. The van der Waals surface area contributed by atoms with Gasteiger partial charge in [0.25, 0.3) is 5.91 Å². The lowest BCUT2D eigenvalue weighted by atomic mass is 10.1. The average Bonchev–Trinajstić information content (AvgIpc) is 3.09. The number of anilines is 2. The van der Waals surface area contributed by atoms with Gasteiger partial charge in [0.2, 0.25) is 5.91 Å².